The van der Waals surface area contributed by atoms with Crippen molar-refractivity contribution in [1.29, 1.82) is 0 Å². The average Bonchev–Trinajstić information content (AvgIpc) is 2.52. The zero-order chi connectivity index (χ0) is 16.2. The molecule has 2 nitrogen and oxygen atoms in total. The highest BCUT2D eigenvalue weighted by molar-refractivity contribution is 9.10. The summed E-state index contributed by atoms with van der Waals surface area (Å²) in [7, 11) is 0. The van der Waals surface area contributed by atoms with Crippen molar-refractivity contribution in [1.82, 2.24) is 0 Å². The molecule has 0 bridgehead atoms. The molecule has 0 heterocycles. The fourth-order valence-electron chi connectivity index (χ4n) is 1.39. The summed E-state index contributed by atoms with van der Waals surface area (Å²) in [5, 5.41) is 8.41. The van der Waals surface area contributed by atoms with Gasteiger partial charge in [-0.15, -0.1) is 0 Å². The van der Waals surface area contributed by atoms with Crippen LogP contribution < -0.4 is 0 Å². The highest BCUT2D eigenvalue weighted by Gasteiger charge is 1.87. The Balaban J connectivity index is 0.000000220. The Labute approximate surface area is 146 Å². The molecule has 22 heavy (non-hydrogen) atoms. The van der Waals surface area contributed by atoms with Crippen LogP contribution in [0.15, 0.2) is 57.5 Å². The molecule has 2 aromatic carbocycles. The van der Waals surface area contributed by atoms with Crippen LogP contribution in [-0.2, 0) is 4.79 Å². The number of hydrogen-bond donors (Lipinski definition) is 1. The zero-order valence-electron chi connectivity index (χ0n) is 11.5. The van der Waals surface area contributed by atoms with Gasteiger partial charge in [-0.2, -0.15) is 0 Å². The van der Waals surface area contributed by atoms with Crippen molar-refractivity contribution < 1.29 is 9.90 Å². The highest BCUT2D eigenvalue weighted by atomic mass is 79.9. The van der Waals surface area contributed by atoms with E-state index in [1.165, 1.54) is 0 Å². The first-order chi connectivity index (χ1) is 10.7. The van der Waals surface area contributed by atoms with E-state index >= 15 is 0 Å². The molecule has 0 unspecified atom stereocenters. The lowest BCUT2D eigenvalue weighted by Gasteiger charge is -1.89. The second-order valence-corrected chi connectivity index (χ2v) is 5.70. The highest BCUT2D eigenvalue weighted by Crippen LogP contribution is 2.10. The topological polar surface area (TPSA) is 37.3 Å². The van der Waals surface area contributed by atoms with Crippen LogP contribution in [0.1, 0.15) is 11.1 Å². The molecule has 0 saturated heterocycles. The van der Waals surface area contributed by atoms with Gasteiger partial charge in [0.25, 0.3) is 0 Å². The van der Waals surface area contributed by atoms with E-state index in [0.717, 1.165) is 20.1 Å². The summed E-state index contributed by atoms with van der Waals surface area (Å²) < 4.78 is 1.97. The van der Waals surface area contributed by atoms with Crippen LogP contribution >= 0.6 is 31.9 Å². The van der Waals surface area contributed by atoms with E-state index in [0.29, 0.717) is 6.29 Å². The quantitative estimate of drug-likeness (QED) is 0.521. The summed E-state index contributed by atoms with van der Waals surface area (Å²) in [6, 6.07) is 15.1. The first kappa shape index (κ1) is 18.2. The van der Waals surface area contributed by atoms with Gasteiger partial charge in [-0.05, 0) is 42.3 Å². The van der Waals surface area contributed by atoms with Crippen LogP contribution in [-0.4, -0.2) is 18.0 Å². The first-order valence-corrected chi connectivity index (χ1v) is 7.80. The molecule has 0 atom stereocenters. The van der Waals surface area contributed by atoms with Crippen LogP contribution in [0.4, 0.5) is 0 Å². The van der Waals surface area contributed by atoms with Gasteiger partial charge in [0.1, 0.15) is 6.61 Å². The van der Waals surface area contributed by atoms with Gasteiger partial charge in [-0.3, -0.25) is 4.79 Å². The predicted octanol–water partition coefficient (Wildman–Crippen LogP) is 3.79. The van der Waals surface area contributed by atoms with Crippen LogP contribution in [0, 0.1) is 23.7 Å². The van der Waals surface area contributed by atoms with E-state index in [1.807, 2.05) is 48.5 Å². The molecule has 1 N–H and O–H groups in total. The number of aliphatic hydroxyl groups is 1. The van der Waals surface area contributed by atoms with E-state index in [-0.39, 0.29) is 6.61 Å². The number of aliphatic hydroxyl groups excluding tert-OH is 1. The van der Waals surface area contributed by atoms with Gasteiger partial charge in [0, 0.05) is 20.1 Å². The minimum atomic E-state index is -0.0908. The number of aldehydes is 1. The predicted molar refractivity (Wildman–Crippen MR) is 95.2 cm³/mol. The maximum absolute atomic E-state index is 9.88. The van der Waals surface area contributed by atoms with Crippen LogP contribution in [0.2, 0.25) is 0 Å². The normalized spacial score (nSPS) is 8.32. The molecular formula is C18H12Br2O2. The number of carbonyl (C=O) groups excluding carboxylic acids is 1. The summed E-state index contributed by atoms with van der Waals surface area (Å²) in [5.74, 6) is 10.4. The van der Waals surface area contributed by atoms with Crippen molar-refractivity contribution in [2.75, 3.05) is 6.61 Å². The van der Waals surface area contributed by atoms with Crippen LogP contribution in [0.5, 0.6) is 0 Å². The largest absolute Gasteiger partial charge is 0.384 e. The van der Waals surface area contributed by atoms with E-state index in [1.54, 1.807) is 0 Å². The molecule has 0 fully saturated rings. The zero-order valence-corrected chi connectivity index (χ0v) is 14.7. The monoisotopic (exact) mass is 418 g/mol. The standard InChI is InChI=1S/C9H7BrO.C9H5BrO/c2*10-9-5-1-3-8(7-9)4-2-6-11/h1,3,5,7,11H,6H2;1,3,5-7H. The van der Waals surface area contributed by atoms with Crippen LogP contribution in [0.25, 0.3) is 0 Å². The molecule has 0 spiro atoms. The number of carbonyl (C=O) groups is 1. The molecule has 2 aromatic rings. The Bertz CT molecular complexity index is 747. The van der Waals surface area contributed by atoms with Gasteiger partial charge in [-0.25, -0.2) is 0 Å². The molecule has 0 aliphatic rings. The van der Waals surface area contributed by atoms with Crippen molar-refractivity contribution in [3.05, 3.63) is 68.6 Å². The van der Waals surface area contributed by atoms with E-state index < -0.39 is 0 Å². The van der Waals surface area contributed by atoms with Crippen molar-refractivity contribution >= 4 is 38.1 Å². The van der Waals surface area contributed by atoms with Gasteiger partial charge in [0.05, 0.1) is 0 Å². The SMILES string of the molecule is O=CC#Cc1cccc(Br)c1.OCC#Cc1cccc(Br)c1. The molecule has 0 radical (unpaired) electrons. The third-order valence-electron chi connectivity index (χ3n) is 2.24. The minimum Gasteiger partial charge on any atom is -0.384 e. The summed E-state index contributed by atoms with van der Waals surface area (Å²) in [6.07, 6.45) is 0.584. The maximum atomic E-state index is 9.88. The number of benzene rings is 2. The van der Waals surface area contributed by atoms with Crippen LogP contribution in [0.3, 0.4) is 0 Å². The molecule has 0 aromatic heterocycles. The number of halogens is 2. The van der Waals surface area contributed by atoms with Crippen molar-refractivity contribution in [2.24, 2.45) is 0 Å². The van der Waals surface area contributed by atoms with Gasteiger partial charge in [-0.1, -0.05) is 61.8 Å². The van der Waals surface area contributed by atoms with Crippen molar-refractivity contribution in [2.45, 2.75) is 0 Å². The second kappa shape index (κ2) is 10.8. The molecule has 4 heteroatoms. The molecule has 0 aliphatic carbocycles. The van der Waals surface area contributed by atoms with E-state index in [2.05, 4.69) is 55.5 Å². The molecule has 0 aliphatic heterocycles. The fraction of sp³-hybridized carbons (Fsp3) is 0.0556. The van der Waals surface area contributed by atoms with Gasteiger partial charge in [0.15, 0.2) is 6.29 Å². The average molecular weight is 420 g/mol. The summed E-state index contributed by atoms with van der Waals surface area (Å²) >= 11 is 6.62. The van der Waals surface area contributed by atoms with Crippen molar-refractivity contribution in [3.63, 3.8) is 0 Å². The molecule has 0 saturated carbocycles. The third kappa shape index (κ3) is 7.81. The minimum absolute atomic E-state index is 0.0908. The Hall–Kier alpha value is -1.85. The molecule has 2 rings (SSSR count). The molecular weight excluding hydrogens is 408 g/mol. The van der Waals surface area contributed by atoms with Gasteiger partial charge < -0.3 is 5.11 Å². The summed E-state index contributed by atoms with van der Waals surface area (Å²) in [4.78, 5) is 9.88. The molecule has 0 amide bonds. The van der Waals surface area contributed by atoms with E-state index in [9.17, 15) is 4.79 Å². The molecule has 110 valence electrons. The smallest absolute Gasteiger partial charge is 0.193 e. The third-order valence-corrected chi connectivity index (χ3v) is 3.22. The lowest BCUT2D eigenvalue weighted by molar-refractivity contribution is -0.103. The fourth-order valence-corrected chi connectivity index (χ4v) is 2.19. The summed E-state index contributed by atoms with van der Waals surface area (Å²) in [6.45, 7) is -0.0908. The summed E-state index contributed by atoms with van der Waals surface area (Å²) in [5.41, 5.74) is 1.75. The lowest BCUT2D eigenvalue weighted by Crippen LogP contribution is -1.75. The van der Waals surface area contributed by atoms with Crippen molar-refractivity contribution in [3.8, 4) is 23.7 Å². The Morgan fingerprint density at radius 1 is 0.955 bits per heavy atom. The lowest BCUT2D eigenvalue weighted by atomic mass is 10.2. The van der Waals surface area contributed by atoms with Gasteiger partial charge >= 0.3 is 0 Å². The Morgan fingerprint density at radius 3 is 1.95 bits per heavy atom. The second-order valence-electron chi connectivity index (χ2n) is 3.87. The van der Waals surface area contributed by atoms with Gasteiger partial charge in [0.2, 0.25) is 0 Å². The Kier molecular flexibility index (Phi) is 8.95. The maximum Gasteiger partial charge on any atom is 0.193 e. The van der Waals surface area contributed by atoms with E-state index in [4.69, 9.17) is 5.11 Å². The number of hydrogen-bond acceptors (Lipinski definition) is 2. The first-order valence-electron chi connectivity index (χ1n) is 6.21. The Morgan fingerprint density at radius 2 is 1.50 bits per heavy atom. The number of rotatable bonds is 0.